The third kappa shape index (κ3) is 3.46. The van der Waals surface area contributed by atoms with E-state index in [0.717, 1.165) is 5.82 Å². The number of carbonyl (C=O) groups is 1. The molecule has 3 heterocycles. The molecular weight excluding hydrogens is 346 g/mol. The number of amides is 1. The summed E-state index contributed by atoms with van der Waals surface area (Å²) in [6.07, 6.45) is 1.77. The highest BCUT2D eigenvalue weighted by molar-refractivity contribution is 5.90. The lowest BCUT2D eigenvalue weighted by molar-refractivity contribution is 0.0707. The van der Waals surface area contributed by atoms with Gasteiger partial charge in [0.1, 0.15) is 11.6 Å². The first kappa shape index (κ1) is 17.0. The van der Waals surface area contributed by atoms with Crippen molar-refractivity contribution in [2.24, 2.45) is 0 Å². The van der Waals surface area contributed by atoms with Gasteiger partial charge in [-0.1, -0.05) is 18.2 Å². The third-order valence-corrected chi connectivity index (χ3v) is 4.49. The van der Waals surface area contributed by atoms with Crippen LogP contribution in [0.3, 0.4) is 0 Å². The molecule has 0 spiro atoms. The molecule has 138 valence electrons. The molecule has 0 atom stereocenters. The minimum absolute atomic E-state index is 0.0119. The third-order valence-electron chi connectivity index (χ3n) is 4.49. The number of anilines is 1. The van der Waals surface area contributed by atoms with Crippen molar-refractivity contribution >= 4 is 11.7 Å². The highest BCUT2D eigenvalue weighted by Crippen LogP contribution is 2.28. The van der Waals surface area contributed by atoms with E-state index in [1.165, 1.54) is 0 Å². The van der Waals surface area contributed by atoms with Crippen LogP contribution in [-0.2, 0) is 0 Å². The van der Waals surface area contributed by atoms with E-state index in [-0.39, 0.29) is 17.7 Å². The SMILES string of the molecule is COc1ccccc1-c1nnc(C(=O)N2CCN(c3ccccn3)CC2)o1. The van der Waals surface area contributed by atoms with E-state index < -0.39 is 0 Å². The monoisotopic (exact) mass is 365 g/mol. The number of aromatic nitrogens is 3. The van der Waals surface area contributed by atoms with Crippen LogP contribution in [0.5, 0.6) is 5.75 Å². The smallest absolute Gasteiger partial charge is 0.311 e. The summed E-state index contributed by atoms with van der Waals surface area (Å²) >= 11 is 0. The highest BCUT2D eigenvalue weighted by Gasteiger charge is 2.27. The maximum absolute atomic E-state index is 12.7. The standard InChI is InChI=1S/C19H19N5O3/c1-26-15-7-3-2-6-14(15)17-21-22-18(27-17)19(25)24-12-10-23(11-13-24)16-8-4-5-9-20-16/h2-9H,10-13H2,1H3. The number of rotatable bonds is 4. The molecule has 1 saturated heterocycles. The zero-order valence-corrected chi connectivity index (χ0v) is 14.9. The molecular formula is C19H19N5O3. The number of methoxy groups -OCH3 is 1. The molecule has 1 aromatic carbocycles. The summed E-state index contributed by atoms with van der Waals surface area (Å²) in [6, 6.07) is 13.1. The molecule has 2 aromatic heterocycles. The van der Waals surface area contributed by atoms with Gasteiger partial charge >= 0.3 is 11.8 Å². The largest absolute Gasteiger partial charge is 0.496 e. The quantitative estimate of drug-likeness (QED) is 0.700. The van der Waals surface area contributed by atoms with Gasteiger partial charge in [0.2, 0.25) is 0 Å². The lowest BCUT2D eigenvalue weighted by atomic mass is 10.2. The number of pyridine rings is 1. The van der Waals surface area contributed by atoms with Crippen LogP contribution in [0, 0.1) is 0 Å². The van der Waals surface area contributed by atoms with Crippen molar-refractivity contribution in [1.29, 1.82) is 0 Å². The van der Waals surface area contributed by atoms with Crippen molar-refractivity contribution in [2.45, 2.75) is 0 Å². The number of benzene rings is 1. The van der Waals surface area contributed by atoms with Crippen molar-refractivity contribution in [1.82, 2.24) is 20.1 Å². The normalized spacial score (nSPS) is 14.3. The zero-order chi connectivity index (χ0) is 18.6. The second-order valence-corrected chi connectivity index (χ2v) is 6.08. The Morgan fingerprint density at radius 1 is 1.04 bits per heavy atom. The average molecular weight is 365 g/mol. The van der Waals surface area contributed by atoms with E-state index in [4.69, 9.17) is 9.15 Å². The lowest BCUT2D eigenvalue weighted by Crippen LogP contribution is -2.49. The van der Waals surface area contributed by atoms with E-state index >= 15 is 0 Å². The van der Waals surface area contributed by atoms with Gasteiger partial charge in [0.25, 0.3) is 5.89 Å². The van der Waals surface area contributed by atoms with Gasteiger partial charge in [0.05, 0.1) is 12.7 Å². The fourth-order valence-corrected chi connectivity index (χ4v) is 3.05. The van der Waals surface area contributed by atoms with Crippen LogP contribution in [0.4, 0.5) is 5.82 Å². The molecule has 0 unspecified atom stereocenters. The first-order valence-electron chi connectivity index (χ1n) is 8.68. The van der Waals surface area contributed by atoms with Crippen LogP contribution in [-0.4, -0.2) is 59.3 Å². The Bertz CT molecular complexity index is 920. The zero-order valence-electron chi connectivity index (χ0n) is 14.9. The van der Waals surface area contributed by atoms with Crippen LogP contribution in [0.25, 0.3) is 11.5 Å². The average Bonchev–Trinajstić information content (AvgIpc) is 3.24. The van der Waals surface area contributed by atoms with E-state index in [0.29, 0.717) is 37.5 Å². The Balaban J connectivity index is 1.45. The molecule has 8 nitrogen and oxygen atoms in total. The van der Waals surface area contributed by atoms with Crippen LogP contribution in [0.2, 0.25) is 0 Å². The van der Waals surface area contributed by atoms with Crippen LogP contribution in [0.15, 0.2) is 53.1 Å². The molecule has 0 saturated carbocycles. The maximum atomic E-state index is 12.7. The number of hydrogen-bond donors (Lipinski definition) is 0. The first-order chi connectivity index (χ1) is 13.3. The summed E-state index contributed by atoms with van der Waals surface area (Å²) < 4.78 is 10.9. The van der Waals surface area contributed by atoms with Gasteiger partial charge < -0.3 is 19.0 Å². The van der Waals surface area contributed by atoms with Crippen molar-refractivity contribution in [3.05, 3.63) is 54.6 Å². The van der Waals surface area contributed by atoms with Crippen LogP contribution in [0.1, 0.15) is 10.7 Å². The van der Waals surface area contributed by atoms with Gasteiger partial charge in [-0.05, 0) is 24.3 Å². The number of nitrogens with zero attached hydrogens (tertiary/aromatic N) is 5. The Kier molecular flexibility index (Phi) is 4.69. The van der Waals surface area contributed by atoms with Gasteiger partial charge in [0.15, 0.2) is 0 Å². The van der Waals surface area contributed by atoms with Crippen LogP contribution >= 0.6 is 0 Å². The van der Waals surface area contributed by atoms with E-state index in [1.54, 1.807) is 24.3 Å². The minimum atomic E-state index is -0.260. The van der Waals surface area contributed by atoms with Crippen molar-refractivity contribution in [3.8, 4) is 17.2 Å². The highest BCUT2D eigenvalue weighted by atomic mass is 16.5. The van der Waals surface area contributed by atoms with Crippen molar-refractivity contribution < 1.29 is 13.9 Å². The summed E-state index contributed by atoms with van der Waals surface area (Å²) in [4.78, 5) is 20.9. The maximum Gasteiger partial charge on any atom is 0.311 e. The molecule has 0 aliphatic carbocycles. The summed E-state index contributed by atoms with van der Waals surface area (Å²) in [6.45, 7) is 2.55. The topological polar surface area (TPSA) is 84.6 Å². The van der Waals surface area contributed by atoms with Crippen molar-refractivity contribution in [3.63, 3.8) is 0 Å². The fraction of sp³-hybridized carbons (Fsp3) is 0.263. The van der Waals surface area contributed by atoms with Crippen LogP contribution < -0.4 is 9.64 Å². The molecule has 27 heavy (non-hydrogen) atoms. The summed E-state index contributed by atoms with van der Waals surface area (Å²) in [7, 11) is 1.57. The molecule has 1 aliphatic heterocycles. The molecule has 0 radical (unpaired) electrons. The Labute approximate surface area is 156 Å². The van der Waals surface area contributed by atoms with Gasteiger partial charge in [-0.3, -0.25) is 4.79 Å². The predicted octanol–water partition coefficient (Wildman–Crippen LogP) is 2.10. The molecule has 1 amide bonds. The molecule has 3 aromatic rings. The first-order valence-corrected chi connectivity index (χ1v) is 8.68. The molecule has 1 aliphatic rings. The summed E-state index contributed by atoms with van der Waals surface area (Å²) in [5, 5.41) is 7.94. The number of hydrogen-bond acceptors (Lipinski definition) is 7. The molecule has 0 N–H and O–H groups in total. The van der Waals surface area contributed by atoms with Crippen molar-refractivity contribution in [2.75, 3.05) is 38.2 Å². The molecule has 4 rings (SSSR count). The van der Waals surface area contributed by atoms with Gasteiger partial charge in [0, 0.05) is 32.4 Å². The minimum Gasteiger partial charge on any atom is -0.496 e. The lowest BCUT2D eigenvalue weighted by Gasteiger charge is -2.34. The summed E-state index contributed by atoms with van der Waals surface area (Å²) in [5.41, 5.74) is 0.659. The number of para-hydroxylation sites is 1. The van der Waals surface area contributed by atoms with Gasteiger partial charge in [-0.15, -0.1) is 10.2 Å². The number of ether oxygens (including phenoxy) is 1. The van der Waals surface area contributed by atoms with Gasteiger partial charge in [-0.25, -0.2) is 4.98 Å². The predicted molar refractivity (Wildman–Crippen MR) is 98.6 cm³/mol. The van der Waals surface area contributed by atoms with E-state index in [2.05, 4.69) is 20.1 Å². The fourth-order valence-electron chi connectivity index (χ4n) is 3.05. The Morgan fingerprint density at radius 2 is 1.81 bits per heavy atom. The number of piperazine rings is 1. The second kappa shape index (κ2) is 7.45. The Morgan fingerprint density at radius 3 is 2.56 bits per heavy atom. The molecule has 1 fully saturated rings. The van der Waals surface area contributed by atoms with Gasteiger partial charge in [-0.2, -0.15) is 0 Å². The molecule has 8 heteroatoms. The van der Waals surface area contributed by atoms with E-state index in [1.807, 2.05) is 36.4 Å². The Hall–Kier alpha value is -3.42. The molecule has 0 bridgehead atoms. The summed E-state index contributed by atoms with van der Waals surface area (Å²) in [5.74, 6) is 1.53. The number of carbonyl (C=O) groups excluding carboxylic acids is 1. The van der Waals surface area contributed by atoms with E-state index in [9.17, 15) is 4.79 Å². The second-order valence-electron chi connectivity index (χ2n) is 6.08.